The molecule has 21 heavy (non-hydrogen) atoms. The summed E-state index contributed by atoms with van der Waals surface area (Å²) in [6.45, 7) is 0. The van der Waals surface area contributed by atoms with Gasteiger partial charge in [-0.05, 0) is 45.6 Å². The molecule has 5 heteroatoms. The maximum Gasteiger partial charge on any atom is 0.260 e. The topological polar surface area (TPSA) is 64.9 Å². The van der Waals surface area contributed by atoms with Crippen molar-refractivity contribution >= 4 is 21.6 Å². The van der Waals surface area contributed by atoms with E-state index in [-0.39, 0.29) is 5.92 Å². The molecule has 1 aliphatic carbocycles. The first-order valence-corrected chi connectivity index (χ1v) is 7.49. The van der Waals surface area contributed by atoms with E-state index in [1.54, 1.807) is 0 Å². The minimum absolute atomic E-state index is 0.229. The first kappa shape index (κ1) is 12.6. The number of anilines is 1. The van der Waals surface area contributed by atoms with Crippen molar-refractivity contribution in [3.8, 4) is 11.5 Å². The largest absolute Gasteiger partial charge is 0.397 e. The molecule has 104 valence electrons. The van der Waals surface area contributed by atoms with Crippen LogP contribution in [0, 0.1) is 0 Å². The first-order chi connectivity index (χ1) is 10.2. The second kappa shape index (κ2) is 4.70. The number of nitrogens with zero attached hydrogens (tertiary/aromatic N) is 2. The van der Waals surface area contributed by atoms with Crippen LogP contribution in [0.3, 0.4) is 0 Å². The minimum atomic E-state index is 0.229. The van der Waals surface area contributed by atoms with Crippen LogP contribution in [0.4, 0.5) is 5.69 Å². The van der Waals surface area contributed by atoms with Gasteiger partial charge < -0.3 is 10.3 Å². The molecule has 1 unspecified atom stereocenters. The summed E-state index contributed by atoms with van der Waals surface area (Å²) < 4.78 is 6.22. The van der Waals surface area contributed by atoms with Crippen LogP contribution >= 0.6 is 15.9 Å². The third-order valence-electron chi connectivity index (χ3n) is 3.89. The number of nitrogen functional groups attached to an aromatic ring is 1. The third-order valence-corrected chi connectivity index (χ3v) is 4.58. The zero-order valence-electron chi connectivity index (χ0n) is 11.1. The lowest BCUT2D eigenvalue weighted by Gasteiger charge is -2.27. The summed E-state index contributed by atoms with van der Waals surface area (Å²) in [5.74, 6) is 1.42. The van der Waals surface area contributed by atoms with Gasteiger partial charge in [0.2, 0.25) is 0 Å². The smallest absolute Gasteiger partial charge is 0.260 e. The van der Waals surface area contributed by atoms with Gasteiger partial charge in [-0.3, -0.25) is 0 Å². The molecule has 3 aromatic rings. The van der Waals surface area contributed by atoms with Crippen LogP contribution in [0.5, 0.6) is 0 Å². The zero-order valence-corrected chi connectivity index (χ0v) is 12.7. The Bertz CT molecular complexity index is 828. The van der Waals surface area contributed by atoms with Crippen LogP contribution in [0.2, 0.25) is 0 Å². The van der Waals surface area contributed by atoms with Crippen LogP contribution in [0.25, 0.3) is 11.5 Å². The number of para-hydroxylation sites is 1. The fourth-order valence-corrected chi connectivity index (χ4v) is 3.06. The summed E-state index contributed by atoms with van der Waals surface area (Å²) in [6, 6.07) is 14.0. The van der Waals surface area contributed by atoms with E-state index >= 15 is 0 Å². The molecule has 0 saturated carbocycles. The Labute approximate surface area is 130 Å². The summed E-state index contributed by atoms with van der Waals surface area (Å²) in [4.78, 5) is 4.52. The monoisotopic (exact) mass is 341 g/mol. The summed E-state index contributed by atoms with van der Waals surface area (Å²) in [6.07, 6.45) is 0.961. The van der Waals surface area contributed by atoms with Gasteiger partial charge in [0.05, 0.1) is 17.2 Å². The average Bonchev–Trinajstić information content (AvgIpc) is 2.92. The highest BCUT2D eigenvalue weighted by molar-refractivity contribution is 9.10. The molecule has 0 amide bonds. The molecule has 4 nitrogen and oxygen atoms in total. The maximum absolute atomic E-state index is 6.05. The van der Waals surface area contributed by atoms with E-state index in [0.717, 1.165) is 22.3 Å². The Morgan fingerprint density at radius 3 is 2.86 bits per heavy atom. The van der Waals surface area contributed by atoms with Crippen molar-refractivity contribution in [1.82, 2.24) is 10.1 Å². The Hall–Kier alpha value is -2.14. The molecule has 1 heterocycles. The van der Waals surface area contributed by atoms with Crippen molar-refractivity contribution in [3.05, 3.63) is 63.9 Å². The van der Waals surface area contributed by atoms with E-state index in [0.29, 0.717) is 11.6 Å². The van der Waals surface area contributed by atoms with Crippen LogP contribution < -0.4 is 5.73 Å². The van der Waals surface area contributed by atoms with Crippen molar-refractivity contribution < 1.29 is 4.52 Å². The van der Waals surface area contributed by atoms with Gasteiger partial charge in [0, 0.05) is 4.47 Å². The number of hydrogen-bond acceptors (Lipinski definition) is 4. The summed E-state index contributed by atoms with van der Waals surface area (Å²) >= 11 is 3.41. The highest BCUT2D eigenvalue weighted by atomic mass is 79.9. The van der Waals surface area contributed by atoms with Crippen LogP contribution in [-0.4, -0.2) is 10.1 Å². The summed E-state index contributed by atoms with van der Waals surface area (Å²) in [7, 11) is 0. The lowest BCUT2D eigenvalue weighted by Crippen LogP contribution is -2.19. The fourth-order valence-electron chi connectivity index (χ4n) is 2.70. The molecule has 0 radical (unpaired) electrons. The van der Waals surface area contributed by atoms with Gasteiger partial charge >= 0.3 is 0 Å². The van der Waals surface area contributed by atoms with Crippen molar-refractivity contribution in [2.24, 2.45) is 0 Å². The lowest BCUT2D eigenvalue weighted by atomic mass is 9.77. The van der Waals surface area contributed by atoms with E-state index in [2.05, 4.69) is 44.3 Å². The van der Waals surface area contributed by atoms with Gasteiger partial charge in [-0.2, -0.15) is 4.98 Å². The number of benzene rings is 2. The number of fused-ring (bicyclic) bond motifs is 1. The van der Waals surface area contributed by atoms with Crippen molar-refractivity contribution in [2.75, 3.05) is 5.73 Å². The Morgan fingerprint density at radius 1 is 1.14 bits per heavy atom. The Kier molecular flexibility index (Phi) is 2.82. The van der Waals surface area contributed by atoms with E-state index in [4.69, 9.17) is 10.3 Å². The molecule has 0 fully saturated rings. The molecule has 0 bridgehead atoms. The molecule has 1 aliphatic rings. The molecule has 2 N–H and O–H groups in total. The van der Waals surface area contributed by atoms with E-state index in [1.807, 2.05) is 24.3 Å². The van der Waals surface area contributed by atoms with Crippen LogP contribution in [0.15, 0.2) is 51.5 Å². The van der Waals surface area contributed by atoms with Crippen molar-refractivity contribution in [2.45, 2.75) is 12.3 Å². The number of halogens is 1. The number of rotatable bonds is 2. The normalized spacial score (nSPS) is 16.3. The summed E-state index contributed by atoms with van der Waals surface area (Å²) in [5, 5.41) is 4.13. The van der Waals surface area contributed by atoms with E-state index in [9.17, 15) is 0 Å². The fraction of sp³-hybridized carbons (Fsp3) is 0.125. The van der Waals surface area contributed by atoms with E-state index < -0.39 is 0 Å². The van der Waals surface area contributed by atoms with Gasteiger partial charge in [-0.1, -0.05) is 35.5 Å². The Morgan fingerprint density at radius 2 is 2.00 bits per heavy atom. The van der Waals surface area contributed by atoms with Gasteiger partial charge in [-0.15, -0.1) is 0 Å². The quantitative estimate of drug-likeness (QED) is 0.720. The van der Waals surface area contributed by atoms with Gasteiger partial charge in [0.25, 0.3) is 5.89 Å². The highest BCUT2D eigenvalue weighted by Crippen LogP contribution is 2.39. The van der Waals surface area contributed by atoms with Crippen molar-refractivity contribution in [3.63, 3.8) is 0 Å². The zero-order chi connectivity index (χ0) is 14.4. The second-order valence-corrected chi connectivity index (χ2v) is 5.97. The molecule has 2 aromatic carbocycles. The van der Waals surface area contributed by atoms with Gasteiger partial charge in [0.15, 0.2) is 5.82 Å². The molecule has 0 saturated heterocycles. The maximum atomic E-state index is 6.05. The predicted molar refractivity (Wildman–Crippen MR) is 83.8 cm³/mol. The number of aromatic nitrogens is 2. The molecule has 1 aromatic heterocycles. The Balaban J connectivity index is 1.70. The molecular weight excluding hydrogens is 330 g/mol. The molecular formula is C16H12BrN3O. The molecule has 0 spiro atoms. The third kappa shape index (κ3) is 1.96. The summed E-state index contributed by atoms with van der Waals surface area (Å²) in [5.41, 5.74) is 10.1. The molecule has 0 aliphatic heterocycles. The lowest BCUT2D eigenvalue weighted by molar-refractivity contribution is 0.416. The van der Waals surface area contributed by atoms with Gasteiger partial charge in [-0.25, -0.2) is 0 Å². The predicted octanol–water partition coefficient (Wildman–Crippen LogP) is 3.77. The number of hydrogen-bond donors (Lipinski definition) is 1. The van der Waals surface area contributed by atoms with Gasteiger partial charge in [0.1, 0.15) is 0 Å². The molecule has 4 rings (SSSR count). The SMILES string of the molecule is Nc1c(Br)cccc1-c1nc(C2Cc3ccccc32)no1. The average molecular weight is 342 g/mol. The minimum Gasteiger partial charge on any atom is -0.397 e. The van der Waals surface area contributed by atoms with Crippen molar-refractivity contribution in [1.29, 1.82) is 0 Å². The van der Waals surface area contributed by atoms with E-state index in [1.165, 1.54) is 11.1 Å². The van der Waals surface area contributed by atoms with Crippen LogP contribution in [-0.2, 0) is 6.42 Å². The standard InChI is InChI=1S/C16H12BrN3O/c17-13-7-3-6-11(14(13)18)16-19-15(20-21-16)12-8-9-4-1-2-5-10(9)12/h1-7,12H,8,18H2. The molecule has 1 atom stereocenters. The van der Waals surface area contributed by atoms with Crippen LogP contribution in [0.1, 0.15) is 22.9 Å². The second-order valence-electron chi connectivity index (χ2n) is 5.11. The number of nitrogens with two attached hydrogens (primary N) is 1. The highest BCUT2D eigenvalue weighted by Gasteiger charge is 2.31. The first-order valence-electron chi connectivity index (χ1n) is 6.70.